The van der Waals surface area contributed by atoms with Crippen molar-refractivity contribution in [3.05, 3.63) is 15.9 Å². The molecule has 3 nitrogen and oxygen atoms in total. The molecule has 1 aromatic heterocycles. The van der Waals surface area contributed by atoms with E-state index in [9.17, 15) is 0 Å². The molecule has 0 saturated heterocycles. The summed E-state index contributed by atoms with van der Waals surface area (Å²) in [5.74, 6) is 2.90. The highest BCUT2D eigenvalue weighted by Crippen LogP contribution is 2.57. The maximum atomic E-state index is 4.51. The van der Waals surface area contributed by atoms with Crippen LogP contribution in [0.15, 0.2) is 4.47 Å². The van der Waals surface area contributed by atoms with Gasteiger partial charge in [-0.3, -0.25) is 4.68 Å². The number of nitrogens with zero attached hydrogens (tertiary/aromatic N) is 2. The summed E-state index contributed by atoms with van der Waals surface area (Å²) in [6.45, 7) is 2.07. The highest BCUT2D eigenvalue weighted by molar-refractivity contribution is 9.10. The van der Waals surface area contributed by atoms with Gasteiger partial charge in [-0.25, -0.2) is 0 Å². The number of hydrogen-bond acceptors (Lipinski definition) is 2. The first-order valence-corrected chi connectivity index (χ1v) is 8.28. The van der Waals surface area contributed by atoms with E-state index in [0.29, 0.717) is 6.04 Å². The lowest BCUT2D eigenvalue weighted by molar-refractivity contribution is 0.448. The number of rotatable bonds is 4. The molecule has 0 spiro atoms. The van der Waals surface area contributed by atoms with E-state index < -0.39 is 0 Å². The molecule has 0 radical (unpaired) electrons. The van der Waals surface area contributed by atoms with Crippen molar-refractivity contribution in [1.29, 1.82) is 0 Å². The van der Waals surface area contributed by atoms with Gasteiger partial charge in [-0.1, -0.05) is 12.8 Å². The molecule has 0 amide bonds. The average Bonchev–Trinajstić information content (AvgIpc) is 3.07. The second kappa shape index (κ2) is 5.21. The lowest BCUT2D eigenvalue weighted by Crippen LogP contribution is -2.32. The number of aromatic nitrogens is 2. The molecule has 1 N–H and O–H groups in total. The van der Waals surface area contributed by atoms with E-state index in [1.807, 2.05) is 4.68 Å². The number of hydrogen-bond donors (Lipinski definition) is 1. The largest absolute Gasteiger partial charge is 0.316 e. The number of aryl methyl sites for hydroxylation is 2. The van der Waals surface area contributed by atoms with Crippen molar-refractivity contribution in [3.8, 4) is 0 Å². The fourth-order valence-electron chi connectivity index (χ4n) is 4.19. The van der Waals surface area contributed by atoms with Gasteiger partial charge in [0, 0.05) is 19.5 Å². The van der Waals surface area contributed by atoms with Gasteiger partial charge in [0.25, 0.3) is 0 Å². The van der Waals surface area contributed by atoms with E-state index in [-0.39, 0.29) is 0 Å². The van der Waals surface area contributed by atoms with Gasteiger partial charge >= 0.3 is 0 Å². The Balaban J connectivity index is 1.73. The monoisotopic (exact) mass is 325 g/mol. The summed E-state index contributed by atoms with van der Waals surface area (Å²) in [5, 5.41) is 8.08. The molecule has 2 aliphatic carbocycles. The zero-order valence-corrected chi connectivity index (χ0v) is 13.7. The fraction of sp³-hybridized carbons (Fsp3) is 0.800. The van der Waals surface area contributed by atoms with Crippen LogP contribution < -0.4 is 5.32 Å². The summed E-state index contributed by atoms with van der Waals surface area (Å²) in [6.07, 6.45) is 6.90. The third-order valence-corrected chi connectivity index (χ3v) is 6.26. The minimum absolute atomic E-state index is 0.610. The number of nitrogens with one attached hydrogen (secondary N) is 1. The Morgan fingerprint density at radius 3 is 2.47 bits per heavy atom. The highest BCUT2D eigenvalue weighted by atomic mass is 79.9. The molecular weight excluding hydrogens is 302 g/mol. The van der Waals surface area contributed by atoms with Crippen LogP contribution >= 0.6 is 15.9 Å². The molecule has 106 valence electrons. The Morgan fingerprint density at radius 1 is 1.37 bits per heavy atom. The van der Waals surface area contributed by atoms with Gasteiger partial charge in [-0.2, -0.15) is 5.10 Å². The topological polar surface area (TPSA) is 29.9 Å². The fourth-order valence-corrected chi connectivity index (χ4v) is 4.68. The third kappa shape index (κ3) is 2.38. The van der Waals surface area contributed by atoms with Crippen LogP contribution in [0.3, 0.4) is 0 Å². The molecule has 2 aliphatic rings. The van der Waals surface area contributed by atoms with Crippen LogP contribution in [0, 0.1) is 24.7 Å². The summed E-state index contributed by atoms with van der Waals surface area (Å²) in [7, 11) is 4.17. The van der Waals surface area contributed by atoms with Crippen molar-refractivity contribution >= 4 is 15.9 Å². The summed E-state index contributed by atoms with van der Waals surface area (Å²) >= 11 is 3.69. The van der Waals surface area contributed by atoms with Crippen molar-refractivity contribution < 1.29 is 0 Å². The van der Waals surface area contributed by atoms with Gasteiger partial charge in [0.05, 0.1) is 15.9 Å². The lowest BCUT2D eigenvalue weighted by atomic mass is 10.0. The molecule has 0 bridgehead atoms. The predicted molar refractivity (Wildman–Crippen MR) is 81.1 cm³/mol. The summed E-state index contributed by atoms with van der Waals surface area (Å²) in [4.78, 5) is 0. The van der Waals surface area contributed by atoms with E-state index in [1.165, 1.54) is 35.8 Å². The first kappa shape index (κ1) is 13.6. The van der Waals surface area contributed by atoms with Crippen molar-refractivity contribution in [2.24, 2.45) is 24.8 Å². The van der Waals surface area contributed by atoms with Crippen LogP contribution in [0.25, 0.3) is 0 Å². The van der Waals surface area contributed by atoms with Gasteiger partial charge in [-0.05, 0) is 60.5 Å². The minimum Gasteiger partial charge on any atom is -0.316 e. The van der Waals surface area contributed by atoms with E-state index >= 15 is 0 Å². The molecule has 2 saturated carbocycles. The Labute approximate surface area is 124 Å². The zero-order chi connectivity index (χ0) is 13.6. The maximum Gasteiger partial charge on any atom is 0.0738 e. The molecule has 1 heterocycles. The van der Waals surface area contributed by atoms with Crippen molar-refractivity contribution in [2.45, 2.75) is 45.1 Å². The van der Waals surface area contributed by atoms with Crippen LogP contribution in [-0.2, 0) is 13.5 Å². The minimum atomic E-state index is 0.610. The van der Waals surface area contributed by atoms with Crippen LogP contribution in [0.5, 0.6) is 0 Å². The molecule has 4 heteroatoms. The quantitative estimate of drug-likeness (QED) is 0.922. The molecule has 1 aromatic rings. The molecule has 0 aromatic carbocycles. The number of fused-ring (bicyclic) bond motifs is 1. The molecule has 2 fully saturated rings. The highest BCUT2D eigenvalue weighted by Gasteiger charge is 2.53. The van der Waals surface area contributed by atoms with E-state index in [4.69, 9.17) is 0 Å². The second-order valence-electron chi connectivity index (χ2n) is 6.26. The lowest BCUT2D eigenvalue weighted by Gasteiger charge is -2.17. The zero-order valence-electron chi connectivity index (χ0n) is 12.1. The molecule has 19 heavy (non-hydrogen) atoms. The summed E-state index contributed by atoms with van der Waals surface area (Å²) < 4.78 is 3.23. The second-order valence-corrected chi connectivity index (χ2v) is 7.05. The Kier molecular flexibility index (Phi) is 3.73. The summed E-state index contributed by atoms with van der Waals surface area (Å²) in [6, 6.07) is 0.610. The summed E-state index contributed by atoms with van der Waals surface area (Å²) in [5.41, 5.74) is 2.43. The predicted octanol–water partition coefficient (Wildman–Crippen LogP) is 3.06. The molecule has 3 unspecified atom stereocenters. The van der Waals surface area contributed by atoms with Gasteiger partial charge in [-0.15, -0.1) is 0 Å². The Bertz CT molecular complexity index is 456. The average molecular weight is 326 g/mol. The Hall–Kier alpha value is -0.350. The van der Waals surface area contributed by atoms with Crippen LogP contribution in [-0.4, -0.2) is 22.9 Å². The third-order valence-electron chi connectivity index (χ3n) is 5.23. The molecule has 0 aliphatic heterocycles. The smallest absolute Gasteiger partial charge is 0.0738 e. The molecule has 3 rings (SSSR count). The van der Waals surface area contributed by atoms with Gasteiger partial charge in [0.2, 0.25) is 0 Å². The van der Waals surface area contributed by atoms with Crippen LogP contribution in [0.1, 0.15) is 37.1 Å². The Morgan fingerprint density at radius 2 is 2.00 bits per heavy atom. The number of likely N-dealkylation sites (N-methyl/N-ethyl adjacent to an activating group) is 1. The standard InChI is InChI=1S/C15H24BrN3/c1-9-15(16)13(19(3)18-9)8-12(17-2)14-10-6-4-5-7-11(10)14/h10-12,14,17H,4-8H2,1-3H3. The van der Waals surface area contributed by atoms with Gasteiger partial charge in [0.15, 0.2) is 0 Å². The van der Waals surface area contributed by atoms with E-state index in [2.05, 4.69) is 47.4 Å². The SMILES string of the molecule is CNC(Cc1c(Br)c(C)nn1C)C1C2CCCCC21. The molecule has 3 atom stereocenters. The first-order valence-electron chi connectivity index (χ1n) is 7.48. The molecular formula is C15H24BrN3. The van der Waals surface area contributed by atoms with E-state index in [0.717, 1.165) is 29.9 Å². The van der Waals surface area contributed by atoms with Crippen molar-refractivity contribution in [3.63, 3.8) is 0 Å². The van der Waals surface area contributed by atoms with Crippen molar-refractivity contribution in [1.82, 2.24) is 15.1 Å². The maximum absolute atomic E-state index is 4.51. The van der Waals surface area contributed by atoms with Crippen LogP contribution in [0.4, 0.5) is 0 Å². The van der Waals surface area contributed by atoms with Crippen LogP contribution in [0.2, 0.25) is 0 Å². The normalized spacial score (nSPS) is 31.1. The van der Waals surface area contributed by atoms with Gasteiger partial charge in [0.1, 0.15) is 0 Å². The van der Waals surface area contributed by atoms with Crippen molar-refractivity contribution in [2.75, 3.05) is 7.05 Å². The van der Waals surface area contributed by atoms with E-state index in [1.54, 1.807) is 0 Å². The first-order chi connectivity index (χ1) is 9.13. The number of halogens is 1. The van der Waals surface area contributed by atoms with Gasteiger partial charge < -0.3 is 5.32 Å².